The average molecular weight is 443 g/mol. The molecule has 0 aliphatic rings. The fourth-order valence-electron chi connectivity index (χ4n) is 3.71. The maximum absolute atomic E-state index is 13.5. The van der Waals surface area contributed by atoms with Gasteiger partial charge in [-0.25, -0.2) is 4.98 Å². The maximum Gasteiger partial charge on any atom is 0.273 e. The van der Waals surface area contributed by atoms with Gasteiger partial charge in [-0.1, -0.05) is 18.2 Å². The number of nitrogens with one attached hydrogen (secondary N) is 1. The summed E-state index contributed by atoms with van der Waals surface area (Å²) in [5.41, 5.74) is 3.58. The molecule has 0 unspecified atom stereocenters. The number of fused-ring (bicyclic) bond motifs is 1. The molecule has 4 aromatic rings. The van der Waals surface area contributed by atoms with E-state index in [1.54, 1.807) is 7.11 Å². The molecule has 0 spiro atoms. The van der Waals surface area contributed by atoms with Gasteiger partial charge in [0.15, 0.2) is 0 Å². The molecule has 8 heteroatoms. The summed E-state index contributed by atoms with van der Waals surface area (Å²) in [6.45, 7) is 1.85. The first-order valence-corrected chi connectivity index (χ1v) is 10.1. The van der Waals surface area contributed by atoms with Gasteiger partial charge in [-0.15, -0.1) is 0 Å². The Hall–Kier alpha value is -4.46. The van der Waals surface area contributed by atoms with E-state index < -0.39 is 4.92 Å². The van der Waals surface area contributed by atoms with E-state index in [2.05, 4.69) is 5.32 Å². The van der Waals surface area contributed by atoms with E-state index >= 15 is 0 Å². The summed E-state index contributed by atoms with van der Waals surface area (Å²) in [5.74, 6) is 0.553. The van der Waals surface area contributed by atoms with Crippen LogP contribution >= 0.6 is 0 Å². The minimum atomic E-state index is -0.518. The highest BCUT2D eigenvalue weighted by atomic mass is 16.6. The van der Waals surface area contributed by atoms with E-state index in [0.717, 1.165) is 11.3 Å². The molecular formula is C25H21N3O5. The Morgan fingerprint density at radius 1 is 1.00 bits per heavy atom. The minimum absolute atomic E-state index is 0.128. The summed E-state index contributed by atoms with van der Waals surface area (Å²) in [7, 11) is 2.99. The zero-order valence-electron chi connectivity index (χ0n) is 18.3. The van der Waals surface area contributed by atoms with Crippen LogP contribution in [0, 0.1) is 17.0 Å². The molecule has 33 heavy (non-hydrogen) atoms. The normalized spacial score (nSPS) is 10.6. The third kappa shape index (κ3) is 4.18. The summed E-state index contributed by atoms with van der Waals surface area (Å²) in [6, 6.07) is 18.9. The van der Waals surface area contributed by atoms with Gasteiger partial charge in [0.25, 0.3) is 11.6 Å². The monoisotopic (exact) mass is 443 g/mol. The topological polar surface area (TPSA) is 104 Å². The Kier molecular flexibility index (Phi) is 5.91. The SMILES string of the molecule is COc1ccc(-c2nc3ccccc3c(C(=O)Nc3ccc([N+](=O)[O-])cc3OC)c2C)cc1. The number of para-hydroxylation sites is 1. The van der Waals surface area contributed by atoms with Gasteiger partial charge in [-0.3, -0.25) is 14.9 Å². The number of rotatable bonds is 6. The van der Waals surface area contributed by atoms with Crippen LogP contribution in [-0.4, -0.2) is 30.0 Å². The third-order valence-electron chi connectivity index (χ3n) is 5.37. The molecule has 0 fully saturated rings. The lowest BCUT2D eigenvalue weighted by Crippen LogP contribution is -2.16. The summed E-state index contributed by atoms with van der Waals surface area (Å²) >= 11 is 0. The van der Waals surface area contributed by atoms with Crippen LogP contribution in [0.1, 0.15) is 15.9 Å². The lowest BCUT2D eigenvalue weighted by atomic mass is 9.97. The van der Waals surface area contributed by atoms with Crippen molar-refractivity contribution in [1.29, 1.82) is 0 Å². The molecule has 0 saturated carbocycles. The lowest BCUT2D eigenvalue weighted by Gasteiger charge is -2.16. The zero-order chi connectivity index (χ0) is 23.5. The van der Waals surface area contributed by atoms with E-state index in [4.69, 9.17) is 14.5 Å². The van der Waals surface area contributed by atoms with Gasteiger partial charge in [0.2, 0.25) is 0 Å². The number of aromatic nitrogens is 1. The molecule has 0 saturated heterocycles. The Balaban J connectivity index is 1.82. The van der Waals surface area contributed by atoms with Crippen LogP contribution in [0.3, 0.4) is 0 Å². The number of benzene rings is 3. The van der Waals surface area contributed by atoms with Crippen LogP contribution in [-0.2, 0) is 0 Å². The number of anilines is 1. The number of amides is 1. The van der Waals surface area contributed by atoms with Gasteiger partial charge in [-0.2, -0.15) is 0 Å². The number of ether oxygens (including phenoxy) is 2. The molecule has 0 atom stereocenters. The Labute approximate surface area is 189 Å². The van der Waals surface area contributed by atoms with Crippen LogP contribution in [0.15, 0.2) is 66.7 Å². The summed E-state index contributed by atoms with van der Waals surface area (Å²) in [6.07, 6.45) is 0. The first kappa shape index (κ1) is 21.8. The van der Waals surface area contributed by atoms with Crippen molar-refractivity contribution in [1.82, 2.24) is 4.98 Å². The largest absolute Gasteiger partial charge is 0.497 e. The Morgan fingerprint density at radius 3 is 2.39 bits per heavy atom. The summed E-state index contributed by atoms with van der Waals surface area (Å²) in [5, 5.41) is 14.6. The number of nitro groups is 1. The van der Waals surface area contributed by atoms with Crippen LogP contribution in [0.2, 0.25) is 0 Å². The van der Waals surface area contributed by atoms with Crippen molar-refractivity contribution in [3.63, 3.8) is 0 Å². The lowest BCUT2D eigenvalue weighted by molar-refractivity contribution is -0.384. The molecule has 1 amide bonds. The van der Waals surface area contributed by atoms with Crippen molar-refractivity contribution in [3.8, 4) is 22.8 Å². The first-order chi connectivity index (χ1) is 15.9. The molecule has 1 heterocycles. The Morgan fingerprint density at radius 2 is 1.73 bits per heavy atom. The van der Waals surface area contributed by atoms with E-state index in [0.29, 0.717) is 33.4 Å². The van der Waals surface area contributed by atoms with Crippen molar-refractivity contribution in [2.24, 2.45) is 0 Å². The van der Waals surface area contributed by atoms with Gasteiger partial charge in [-0.05, 0) is 48.9 Å². The van der Waals surface area contributed by atoms with E-state index in [1.165, 1.54) is 25.3 Å². The second kappa shape index (κ2) is 8.96. The molecular weight excluding hydrogens is 422 g/mol. The van der Waals surface area contributed by atoms with Crippen molar-refractivity contribution in [2.45, 2.75) is 6.92 Å². The highest BCUT2D eigenvalue weighted by Gasteiger charge is 2.21. The zero-order valence-corrected chi connectivity index (χ0v) is 18.3. The highest BCUT2D eigenvalue weighted by Crippen LogP contribution is 2.33. The molecule has 1 N–H and O–H groups in total. The second-order valence-corrected chi connectivity index (χ2v) is 7.30. The van der Waals surface area contributed by atoms with E-state index in [1.807, 2.05) is 55.5 Å². The predicted molar refractivity (Wildman–Crippen MR) is 126 cm³/mol. The molecule has 0 aliphatic carbocycles. The summed E-state index contributed by atoms with van der Waals surface area (Å²) in [4.78, 5) is 28.8. The molecule has 3 aromatic carbocycles. The van der Waals surface area contributed by atoms with Crippen LogP contribution in [0.25, 0.3) is 22.2 Å². The molecule has 0 aliphatic heterocycles. The molecule has 4 rings (SSSR count). The third-order valence-corrected chi connectivity index (χ3v) is 5.37. The van der Waals surface area contributed by atoms with Crippen molar-refractivity contribution in [2.75, 3.05) is 19.5 Å². The molecule has 0 radical (unpaired) electrons. The maximum atomic E-state index is 13.5. The van der Waals surface area contributed by atoms with Crippen molar-refractivity contribution in [3.05, 3.63) is 88.0 Å². The standard InChI is InChI=1S/C25H21N3O5/c1-15-23(25(29)27-21-13-10-17(28(30)31)14-22(21)33-3)19-6-4-5-7-20(19)26-24(15)16-8-11-18(32-2)12-9-16/h4-14H,1-3H3,(H,27,29). The quantitative estimate of drug-likeness (QED) is 0.317. The number of pyridine rings is 1. The van der Waals surface area contributed by atoms with Gasteiger partial charge < -0.3 is 14.8 Å². The minimum Gasteiger partial charge on any atom is -0.497 e. The van der Waals surface area contributed by atoms with Crippen molar-refractivity contribution >= 4 is 28.2 Å². The van der Waals surface area contributed by atoms with Crippen LogP contribution in [0.5, 0.6) is 11.5 Å². The van der Waals surface area contributed by atoms with Gasteiger partial charge in [0, 0.05) is 17.0 Å². The highest BCUT2D eigenvalue weighted by molar-refractivity contribution is 6.14. The van der Waals surface area contributed by atoms with Gasteiger partial charge >= 0.3 is 0 Å². The molecule has 8 nitrogen and oxygen atoms in total. The van der Waals surface area contributed by atoms with Gasteiger partial charge in [0.05, 0.1) is 47.7 Å². The number of nitrogens with zero attached hydrogens (tertiary/aromatic N) is 2. The number of hydrogen-bond acceptors (Lipinski definition) is 6. The second-order valence-electron chi connectivity index (χ2n) is 7.30. The first-order valence-electron chi connectivity index (χ1n) is 10.1. The molecule has 166 valence electrons. The number of carbonyl (C=O) groups is 1. The number of methoxy groups -OCH3 is 2. The fourth-order valence-corrected chi connectivity index (χ4v) is 3.71. The number of hydrogen-bond donors (Lipinski definition) is 1. The van der Waals surface area contributed by atoms with Crippen molar-refractivity contribution < 1.29 is 19.2 Å². The summed E-state index contributed by atoms with van der Waals surface area (Å²) < 4.78 is 10.5. The predicted octanol–water partition coefficient (Wildman–Crippen LogP) is 5.39. The average Bonchev–Trinajstić information content (AvgIpc) is 2.83. The van der Waals surface area contributed by atoms with Crippen LogP contribution in [0.4, 0.5) is 11.4 Å². The fraction of sp³-hybridized carbons (Fsp3) is 0.120. The number of non-ortho nitro benzene ring substituents is 1. The van der Waals surface area contributed by atoms with E-state index in [-0.39, 0.29) is 17.3 Å². The van der Waals surface area contributed by atoms with Gasteiger partial charge in [0.1, 0.15) is 11.5 Å². The van der Waals surface area contributed by atoms with E-state index in [9.17, 15) is 14.9 Å². The Bertz CT molecular complexity index is 1370. The number of carbonyl (C=O) groups excluding carboxylic acids is 1. The number of nitro benzene ring substituents is 1. The molecule has 1 aromatic heterocycles. The molecule has 0 bridgehead atoms. The smallest absolute Gasteiger partial charge is 0.273 e. The van der Waals surface area contributed by atoms with Crippen LogP contribution < -0.4 is 14.8 Å².